The highest BCUT2D eigenvalue weighted by atomic mass is 79.9. The largest absolute Gasteiger partial charge is 0.372 e. The second-order valence-corrected chi connectivity index (χ2v) is 12.8. The Balaban J connectivity index is 1.31. The lowest BCUT2D eigenvalue weighted by molar-refractivity contribution is -0.148. The topological polar surface area (TPSA) is 37.5 Å². The monoisotopic (exact) mass is 660 g/mol. The van der Waals surface area contributed by atoms with Crippen LogP contribution in [0.1, 0.15) is 13.8 Å². The minimum atomic E-state index is -0.579. The highest BCUT2D eigenvalue weighted by molar-refractivity contribution is 9.10. The third-order valence-corrected chi connectivity index (χ3v) is 8.81. The van der Waals surface area contributed by atoms with E-state index in [1.54, 1.807) is 0 Å². The van der Waals surface area contributed by atoms with Crippen molar-refractivity contribution in [3.8, 4) is 0 Å². The summed E-state index contributed by atoms with van der Waals surface area (Å²) in [4.78, 5) is 0. The number of halogens is 2. The Morgan fingerprint density at radius 2 is 1.25 bits per heavy atom. The number of rotatable bonds is 7. The van der Waals surface area contributed by atoms with Gasteiger partial charge < -0.3 is 23.3 Å². The SMILES string of the molecule is CC1(C)OC[C@H](CO[C@@H](Cn2c3ccccc3c3ccccc32)Cn2c3ccc(Br)cc3c3cc(Br)ccc32)O1. The van der Waals surface area contributed by atoms with E-state index >= 15 is 0 Å². The molecule has 40 heavy (non-hydrogen) atoms. The van der Waals surface area contributed by atoms with Gasteiger partial charge in [-0.05, 0) is 62.4 Å². The summed E-state index contributed by atoms with van der Waals surface area (Å²) in [6, 6.07) is 30.3. The quantitative estimate of drug-likeness (QED) is 0.172. The summed E-state index contributed by atoms with van der Waals surface area (Å²) in [7, 11) is 0. The van der Waals surface area contributed by atoms with Crippen molar-refractivity contribution in [1.82, 2.24) is 9.13 Å². The van der Waals surface area contributed by atoms with E-state index in [1.165, 1.54) is 43.6 Å². The molecule has 0 bridgehead atoms. The van der Waals surface area contributed by atoms with Crippen LogP contribution in [0.5, 0.6) is 0 Å². The first-order chi connectivity index (χ1) is 19.4. The second-order valence-electron chi connectivity index (χ2n) is 11.0. The van der Waals surface area contributed by atoms with Crippen LogP contribution in [-0.2, 0) is 27.3 Å². The first kappa shape index (κ1) is 26.2. The summed E-state index contributed by atoms with van der Waals surface area (Å²) in [6.45, 7) is 6.32. The Kier molecular flexibility index (Phi) is 6.76. The lowest BCUT2D eigenvalue weighted by atomic mass is 10.2. The number of hydrogen-bond donors (Lipinski definition) is 0. The molecule has 5 nitrogen and oxygen atoms in total. The van der Waals surface area contributed by atoms with Gasteiger partial charge in [-0.25, -0.2) is 0 Å². The molecule has 2 aromatic heterocycles. The van der Waals surface area contributed by atoms with Crippen molar-refractivity contribution in [3.05, 3.63) is 93.9 Å². The predicted octanol–water partition coefficient (Wildman–Crippen LogP) is 8.66. The molecule has 1 fully saturated rings. The van der Waals surface area contributed by atoms with Crippen molar-refractivity contribution in [2.24, 2.45) is 0 Å². The summed E-state index contributed by atoms with van der Waals surface area (Å²) in [5, 5.41) is 4.96. The zero-order valence-electron chi connectivity index (χ0n) is 22.4. The molecule has 2 atom stereocenters. The van der Waals surface area contributed by atoms with Gasteiger partial charge in [0, 0.05) is 52.6 Å². The molecular weight excluding hydrogens is 632 g/mol. The van der Waals surface area contributed by atoms with Gasteiger partial charge in [-0.15, -0.1) is 0 Å². The van der Waals surface area contributed by atoms with E-state index < -0.39 is 5.79 Å². The Labute approximate surface area is 249 Å². The van der Waals surface area contributed by atoms with Crippen LogP contribution in [-0.4, -0.2) is 40.3 Å². The van der Waals surface area contributed by atoms with Crippen LogP contribution in [0, 0.1) is 0 Å². The van der Waals surface area contributed by atoms with Crippen LogP contribution in [0.2, 0.25) is 0 Å². The maximum atomic E-state index is 6.74. The highest BCUT2D eigenvalue weighted by Gasteiger charge is 2.33. The molecule has 0 spiro atoms. The summed E-state index contributed by atoms with van der Waals surface area (Å²) >= 11 is 7.36. The van der Waals surface area contributed by atoms with E-state index in [-0.39, 0.29) is 12.2 Å². The number of benzene rings is 4. The third kappa shape index (κ3) is 4.78. The molecular formula is C33H30Br2N2O3. The molecule has 4 aromatic carbocycles. The Morgan fingerprint density at radius 1 is 0.750 bits per heavy atom. The zero-order valence-corrected chi connectivity index (χ0v) is 25.6. The first-order valence-electron chi connectivity index (χ1n) is 13.6. The van der Waals surface area contributed by atoms with Gasteiger partial charge in [-0.3, -0.25) is 0 Å². The van der Waals surface area contributed by atoms with Crippen molar-refractivity contribution >= 4 is 75.5 Å². The lowest BCUT2D eigenvalue weighted by Gasteiger charge is -2.24. The molecule has 6 aromatic rings. The van der Waals surface area contributed by atoms with E-state index in [0.29, 0.717) is 26.3 Å². The van der Waals surface area contributed by atoms with Crippen molar-refractivity contribution in [3.63, 3.8) is 0 Å². The van der Waals surface area contributed by atoms with Crippen LogP contribution >= 0.6 is 31.9 Å². The number of para-hydroxylation sites is 2. The number of fused-ring (bicyclic) bond motifs is 6. The van der Waals surface area contributed by atoms with E-state index in [2.05, 4.69) is 126 Å². The second kappa shape index (κ2) is 10.3. The molecule has 7 heteroatoms. The Morgan fingerprint density at radius 3 is 1.75 bits per heavy atom. The lowest BCUT2D eigenvalue weighted by Crippen LogP contribution is -2.31. The summed E-state index contributed by atoms with van der Waals surface area (Å²) in [5.41, 5.74) is 4.81. The van der Waals surface area contributed by atoms with Gasteiger partial charge in [0.25, 0.3) is 0 Å². The van der Waals surface area contributed by atoms with Crippen LogP contribution in [0.25, 0.3) is 43.6 Å². The Bertz CT molecular complexity index is 1760. The average molecular weight is 662 g/mol. The van der Waals surface area contributed by atoms with Crippen molar-refractivity contribution in [2.75, 3.05) is 13.2 Å². The van der Waals surface area contributed by atoms with Gasteiger partial charge in [-0.1, -0.05) is 68.3 Å². The van der Waals surface area contributed by atoms with Gasteiger partial charge >= 0.3 is 0 Å². The molecule has 0 radical (unpaired) electrons. The molecule has 1 aliphatic heterocycles. The van der Waals surface area contributed by atoms with E-state index in [0.717, 1.165) is 8.95 Å². The minimum absolute atomic E-state index is 0.0966. The Hall–Kier alpha value is -2.68. The molecule has 0 amide bonds. The maximum Gasteiger partial charge on any atom is 0.163 e. The zero-order chi connectivity index (χ0) is 27.4. The van der Waals surface area contributed by atoms with Gasteiger partial charge in [0.15, 0.2) is 5.79 Å². The molecule has 7 rings (SSSR count). The molecule has 0 saturated carbocycles. The van der Waals surface area contributed by atoms with E-state index in [9.17, 15) is 0 Å². The van der Waals surface area contributed by atoms with Crippen LogP contribution < -0.4 is 0 Å². The molecule has 1 aliphatic rings. The normalized spacial score (nSPS) is 17.9. The summed E-state index contributed by atoms with van der Waals surface area (Å²) in [6.07, 6.45) is -0.210. The number of aromatic nitrogens is 2. The molecule has 0 N–H and O–H groups in total. The van der Waals surface area contributed by atoms with E-state index in [1.807, 2.05) is 13.8 Å². The highest BCUT2D eigenvalue weighted by Crippen LogP contribution is 2.35. The minimum Gasteiger partial charge on any atom is -0.372 e. The number of ether oxygens (including phenoxy) is 3. The number of hydrogen-bond acceptors (Lipinski definition) is 3. The fourth-order valence-corrected chi connectivity index (χ4v) is 6.83. The number of nitrogens with zero attached hydrogens (tertiary/aromatic N) is 2. The van der Waals surface area contributed by atoms with Crippen molar-refractivity contribution in [1.29, 1.82) is 0 Å². The summed E-state index contributed by atoms with van der Waals surface area (Å²) < 4.78 is 25.6. The predicted molar refractivity (Wildman–Crippen MR) is 169 cm³/mol. The van der Waals surface area contributed by atoms with Gasteiger partial charge in [-0.2, -0.15) is 0 Å². The van der Waals surface area contributed by atoms with Gasteiger partial charge in [0.05, 0.1) is 32.4 Å². The first-order valence-corrected chi connectivity index (χ1v) is 15.2. The third-order valence-electron chi connectivity index (χ3n) is 7.83. The summed E-state index contributed by atoms with van der Waals surface area (Å²) in [5.74, 6) is -0.579. The maximum absolute atomic E-state index is 6.74. The standard InChI is InChI=1S/C33H30Br2N2O3/c1-33(2)39-20-24(40-33)19-38-23(17-36-29-9-5-3-7-25(29)26-8-4-6-10-30(26)36)18-37-31-13-11-21(34)15-27(31)28-16-22(35)12-14-32(28)37/h3-16,23-24H,17-20H2,1-2H3/t23-,24-/m0/s1. The fraction of sp³-hybridized carbons (Fsp3) is 0.273. The van der Waals surface area contributed by atoms with E-state index in [4.69, 9.17) is 14.2 Å². The van der Waals surface area contributed by atoms with Crippen molar-refractivity contribution < 1.29 is 14.2 Å². The van der Waals surface area contributed by atoms with Crippen LogP contribution in [0.15, 0.2) is 93.9 Å². The molecule has 1 saturated heterocycles. The average Bonchev–Trinajstić information content (AvgIpc) is 3.56. The molecule has 0 aliphatic carbocycles. The fourth-order valence-electron chi connectivity index (χ4n) is 6.10. The van der Waals surface area contributed by atoms with Crippen molar-refractivity contribution in [2.45, 2.75) is 44.9 Å². The molecule has 0 unspecified atom stereocenters. The van der Waals surface area contributed by atoms with Gasteiger partial charge in [0.1, 0.15) is 6.10 Å². The van der Waals surface area contributed by atoms with Crippen LogP contribution in [0.4, 0.5) is 0 Å². The molecule has 3 heterocycles. The van der Waals surface area contributed by atoms with Crippen LogP contribution in [0.3, 0.4) is 0 Å². The van der Waals surface area contributed by atoms with Gasteiger partial charge in [0.2, 0.25) is 0 Å². The smallest absolute Gasteiger partial charge is 0.163 e. The molecule has 204 valence electrons.